The molecule has 0 saturated heterocycles. The maximum atomic E-state index is 12.4. The van der Waals surface area contributed by atoms with Crippen molar-refractivity contribution in [3.63, 3.8) is 0 Å². The molecule has 2 heterocycles. The lowest BCUT2D eigenvalue weighted by Gasteiger charge is -2.25. The molecule has 3 rings (SSSR count). The van der Waals surface area contributed by atoms with Gasteiger partial charge in [-0.1, -0.05) is 23.2 Å². The summed E-state index contributed by atoms with van der Waals surface area (Å²) in [7, 11) is 0. The number of hydrogen-bond acceptors (Lipinski definition) is 5. The van der Waals surface area contributed by atoms with Gasteiger partial charge in [0, 0.05) is 19.3 Å². The molecule has 0 amide bonds. The maximum Gasteiger partial charge on any atom is 0.291 e. The summed E-state index contributed by atoms with van der Waals surface area (Å²) in [6, 6.07) is 0. The molecule has 0 radical (unpaired) electrons. The van der Waals surface area contributed by atoms with Crippen LogP contribution < -0.4 is 10.9 Å². The largest absolute Gasteiger partial charge is 0.377 e. The van der Waals surface area contributed by atoms with Crippen molar-refractivity contribution in [3.05, 3.63) is 34.0 Å². The fraction of sp³-hybridized carbons (Fsp3) is 0.538. The number of nitrogens with zero attached hydrogens (tertiary/aromatic N) is 5. The van der Waals surface area contributed by atoms with Crippen LogP contribution in [-0.2, 0) is 13.1 Å². The maximum absolute atomic E-state index is 12.4. The van der Waals surface area contributed by atoms with Crippen LogP contribution in [0.5, 0.6) is 0 Å². The average Bonchev–Trinajstić information content (AvgIpc) is 2.93. The first kappa shape index (κ1) is 14.1. The molecule has 0 unspecified atom stereocenters. The van der Waals surface area contributed by atoms with Gasteiger partial charge in [-0.2, -0.15) is 5.10 Å². The van der Waals surface area contributed by atoms with Gasteiger partial charge in [0.25, 0.3) is 5.56 Å². The normalized spacial score (nSPS) is 14.9. The SMILES string of the molecule is O=c1c(NCCn2ccnn2)c(Cl)cnn1CC1CCC1. The molecule has 1 saturated carbocycles. The first-order valence-corrected chi connectivity index (χ1v) is 7.45. The number of nitrogens with one attached hydrogen (secondary N) is 1. The standard InChI is InChI=1S/C13H17ClN6O/c14-11-8-17-20(9-10-2-1-3-10)13(21)12(11)15-4-6-19-7-5-16-18-19/h5,7-8,10,15H,1-4,6,9H2. The summed E-state index contributed by atoms with van der Waals surface area (Å²) in [6.45, 7) is 1.83. The highest BCUT2D eigenvalue weighted by atomic mass is 35.5. The number of hydrogen-bond donors (Lipinski definition) is 1. The molecule has 1 N–H and O–H groups in total. The number of rotatable bonds is 6. The molecule has 112 valence electrons. The fourth-order valence-corrected chi connectivity index (χ4v) is 2.52. The second-order valence-corrected chi connectivity index (χ2v) is 5.65. The number of anilines is 1. The van der Waals surface area contributed by atoms with Crippen LogP contribution in [-0.4, -0.2) is 31.3 Å². The molecule has 8 heteroatoms. The van der Waals surface area contributed by atoms with Crippen molar-refractivity contribution in [2.24, 2.45) is 5.92 Å². The Labute approximate surface area is 126 Å². The minimum absolute atomic E-state index is 0.159. The van der Waals surface area contributed by atoms with Crippen LogP contribution in [0.3, 0.4) is 0 Å². The Morgan fingerprint density at radius 3 is 2.95 bits per heavy atom. The molecular weight excluding hydrogens is 292 g/mol. The molecule has 7 nitrogen and oxygen atoms in total. The van der Waals surface area contributed by atoms with Crippen molar-refractivity contribution in [1.82, 2.24) is 24.8 Å². The van der Waals surface area contributed by atoms with Crippen LogP contribution >= 0.6 is 11.6 Å². The second-order valence-electron chi connectivity index (χ2n) is 5.24. The monoisotopic (exact) mass is 308 g/mol. The van der Waals surface area contributed by atoms with Gasteiger partial charge in [-0.15, -0.1) is 5.10 Å². The van der Waals surface area contributed by atoms with Gasteiger partial charge in [-0.3, -0.25) is 9.48 Å². The third-order valence-corrected chi connectivity index (χ3v) is 4.05. The van der Waals surface area contributed by atoms with Gasteiger partial charge in [0.15, 0.2) is 0 Å². The topological polar surface area (TPSA) is 77.6 Å². The molecule has 1 aliphatic carbocycles. The van der Waals surface area contributed by atoms with E-state index in [0.717, 1.165) is 0 Å². The zero-order chi connectivity index (χ0) is 14.7. The Morgan fingerprint density at radius 1 is 1.43 bits per heavy atom. The Balaban J connectivity index is 1.67. The lowest BCUT2D eigenvalue weighted by Crippen LogP contribution is -2.31. The summed E-state index contributed by atoms with van der Waals surface area (Å²) in [5.41, 5.74) is 0.249. The molecule has 1 aliphatic rings. The smallest absolute Gasteiger partial charge is 0.291 e. The Hall–Kier alpha value is -1.89. The summed E-state index contributed by atoms with van der Waals surface area (Å²) in [4.78, 5) is 12.4. The predicted octanol–water partition coefficient (Wildman–Crippen LogP) is 1.40. The highest BCUT2D eigenvalue weighted by molar-refractivity contribution is 6.32. The van der Waals surface area contributed by atoms with E-state index in [4.69, 9.17) is 11.6 Å². The molecule has 21 heavy (non-hydrogen) atoms. The Bertz CT molecular complexity index is 649. The van der Waals surface area contributed by atoms with Gasteiger partial charge in [0.05, 0.1) is 24.0 Å². The Kier molecular flexibility index (Phi) is 4.19. The van der Waals surface area contributed by atoms with Crippen LogP contribution in [0.1, 0.15) is 19.3 Å². The summed E-state index contributed by atoms with van der Waals surface area (Å²) < 4.78 is 3.20. The van der Waals surface area contributed by atoms with E-state index in [1.165, 1.54) is 30.1 Å². The van der Waals surface area contributed by atoms with E-state index in [1.54, 1.807) is 17.1 Å². The molecule has 1 fully saturated rings. The third kappa shape index (κ3) is 3.24. The quantitative estimate of drug-likeness (QED) is 0.873. The van der Waals surface area contributed by atoms with Crippen LogP contribution in [0, 0.1) is 5.92 Å². The van der Waals surface area contributed by atoms with Gasteiger partial charge < -0.3 is 5.32 Å². The van der Waals surface area contributed by atoms with Crippen molar-refractivity contribution in [2.75, 3.05) is 11.9 Å². The lowest BCUT2D eigenvalue weighted by atomic mass is 9.85. The van der Waals surface area contributed by atoms with E-state index >= 15 is 0 Å². The van der Waals surface area contributed by atoms with Crippen LogP contribution in [0.4, 0.5) is 5.69 Å². The minimum atomic E-state index is -0.159. The van der Waals surface area contributed by atoms with Crippen LogP contribution in [0.25, 0.3) is 0 Å². The fourth-order valence-electron chi connectivity index (χ4n) is 2.33. The van der Waals surface area contributed by atoms with Crippen molar-refractivity contribution in [3.8, 4) is 0 Å². The molecule has 2 aromatic heterocycles. The molecule has 0 aromatic carbocycles. The first-order chi connectivity index (χ1) is 10.2. The van der Waals surface area contributed by atoms with E-state index < -0.39 is 0 Å². The predicted molar refractivity (Wildman–Crippen MR) is 79.4 cm³/mol. The lowest BCUT2D eigenvalue weighted by molar-refractivity contribution is 0.262. The van der Waals surface area contributed by atoms with Crippen LogP contribution in [0.15, 0.2) is 23.4 Å². The van der Waals surface area contributed by atoms with E-state index in [1.807, 2.05) is 0 Å². The van der Waals surface area contributed by atoms with Gasteiger partial charge in [-0.05, 0) is 18.8 Å². The summed E-state index contributed by atoms with van der Waals surface area (Å²) in [5.74, 6) is 0.569. The average molecular weight is 309 g/mol. The summed E-state index contributed by atoms with van der Waals surface area (Å²) in [5, 5.41) is 15.1. The van der Waals surface area contributed by atoms with Gasteiger partial charge >= 0.3 is 0 Å². The van der Waals surface area contributed by atoms with Crippen LogP contribution in [0.2, 0.25) is 5.02 Å². The zero-order valence-corrected chi connectivity index (χ0v) is 12.3. The minimum Gasteiger partial charge on any atom is -0.377 e. The zero-order valence-electron chi connectivity index (χ0n) is 11.6. The third-order valence-electron chi connectivity index (χ3n) is 3.77. The molecule has 0 atom stereocenters. The van der Waals surface area contributed by atoms with Crippen molar-refractivity contribution < 1.29 is 0 Å². The van der Waals surface area contributed by atoms with E-state index in [9.17, 15) is 4.79 Å². The molecule has 2 aromatic rings. The molecular formula is C13H17ClN6O. The highest BCUT2D eigenvalue weighted by Gasteiger charge is 2.20. The van der Waals surface area contributed by atoms with Gasteiger partial charge in [0.2, 0.25) is 0 Å². The molecule has 0 spiro atoms. The molecule has 0 bridgehead atoms. The Morgan fingerprint density at radius 2 is 2.29 bits per heavy atom. The summed E-state index contributed by atoms with van der Waals surface area (Å²) >= 11 is 6.07. The van der Waals surface area contributed by atoms with Gasteiger partial charge in [0.1, 0.15) is 5.69 Å². The van der Waals surface area contributed by atoms with E-state index in [-0.39, 0.29) is 5.56 Å². The second kappa shape index (κ2) is 6.26. The highest BCUT2D eigenvalue weighted by Crippen LogP contribution is 2.27. The molecule has 0 aliphatic heterocycles. The van der Waals surface area contributed by atoms with E-state index in [2.05, 4.69) is 20.7 Å². The first-order valence-electron chi connectivity index (χ1n) is 7.07. The number of aromatic nitrogens is 5. The van der Waals surface area contributed by atoms with Crippen molar-refractivity contribution in [2.45, 2.75) is 32.4 Å². The van der Waals surface area contributed by atoms with Gasteiger partial charge in [-0.25, -0.2) is 4.68 Å². The van der Waals surface area contributed by atoms with E-state index in [0.29, 0.717) is 36.3 Å². The summed E-state index contributed by atoms with van der Waals surface area (Å²) in [6.07, 6.45) is 8.50. The van der Waals surface area contributed by atoms with Crippen molar-refractivity contribution in [1.29, 1.82) is 0 Å². The van der Waals surface area contributed by atoms with Crippen molar-refractivity contribution >= 4 is 17.3 Å². The number of halogens is 1.